The van der Waals surface area contributed by atoms with Crippen LogP contribution in [0.1, 0.15) is 72.1 Å². The van der Waals surface area contributed by atoms with E-state index >= 15 is 0 Å². The predicted octanol–water partition coefficient (Wildman–Crippen LogP) is 5.02. The molecule has 190 valence electrons. The number of aromatic nitrogens is 2. The number of carbonyl (C=O) groups is 1. The summed E-state index contributed by atoms with van der Waals surface area (Å²) in [5.74, 6) is 1.38. The van der Waals surface area contributed by atoms with Crippen LogP contribution in [-0.4, -0.2) is 57.3 Å². The van der Waals surface area contributed by atoms with Crippen molar-refractivity contribution in [3.05, 3.63) is 52.7 Å². The van der Waals surface area contributed by atoms with Crippen molar-refractivity contribution < 1.29 is 14.6 Å². The van der Waals surface area contributed by atoms with E-state index in [2.05, 4.69) is 27.2 Å². The lowest BCUT2D eigenvalue weighted by atomic mass is 9.99. The SMILES string of the molecule is O=C(c1cc2c(CC3CCCC3)[nH]nc2cc1O)N1Cc2ccc(OCCN3CCCCC3)cc2C1. The number of aromatic amines is 1. The van der Waals surface area contributed by atoms with Gasteiger partial charge in [-0.25, -0.2) is 0 Å². The number of nitrogens with one attached hydrogen (secondary N) is 1. The first-order chi connectivity index (χ1) is 17.6. The van der Waals surface area contributed by atoms with E-state index in [1.807, 2.05) is 12.1 Å². The molecule has 6 rings (SSSR count). The van der Waals surface area contributed by atoms with Crippen LogP contribution in [0.2, 0.25) is 0 Å². The first-order valence-corrected chi connectivity index (χ1v) is 13.6. The van der Waals surface area contributed by atoms with Gasteiger partial charge in [0.2, 0.25) is 0 Å². The van der Waals surface area contributed by atoms with Crippen LogP contribution in [-0.2, 0) is 19.5 Å². The Bertz CT molecular complexity index is 1240. The molecule has 0 bridgehead atoms. The number of amides is 1. The van der Waals surface area contributed by atoms with Crippen molar-refractivity contribution in [3.63, 3.8) is 0 Å². The van der Waals surface area contributed by atoms with Crippen LogP contribution < -0.4 is 4.74 Å². The van der Waals surface area contributed by atoms with Crippen LogP contribution in [0.4, 0.5) is 0 Å². The largest absolute Gasteiger partial charge is 0.507 e. The first-order valence-electron chi connectivity index (χ1n) is 13.6. The highest BCUT2D eigenvalue weighted by atomic mass is 16.5. The molecule has 1 aliphatic carbocycles. The number of carbonyl (C=O) groups excluding carboxylic acids is 1. The maximum atomic E-state index is 13.5. The molecule has 0 unspecified atom stereocenters. The Labute approximate surface area is 212 Å². The second kappa shape index (κ2) is 10.1. The minimum Gasteiger partial charge on any atom is -0.507 e. The zero-order valence-corrected chi connectivity index (χ0v) is 21.0. The molecule has 1 aromatic heterocycles. The number of ether oxygens (including phenoxy) is 1. The molecule has 2 fully saturated rings. The molecular formula is C29H36N4O3. The molecule has 2 aliphatic heterocycles. The molecule has 0 spiro atoms. The summed E-state index contributed by atoms with van der Waals surface area (Å²) in [6, 6.07) is 9.59. The average molecular weight is 489 g/mol. The Kier molecular flexibility index (Phi) is 6.57. The Balaban J connectivity index is 1.13. The van der Waals surface area contributed by atoms with Crippen LogP contribution in [0.5, 0.6) is 11.5 Å². The molecule has 2 N–H and O–H groups in total. The Morgan fingerprint density at radius 1 is 1.03 bits per heavy atom. The number of piperidine rings is 1. The lowest BCUT2D eigenvalue weighted by Crippen LogP contribution is -2.33. The summed E-state index contributed by atoms with van der Waals surface area (Å²) in [7, 11) is 0. The average Bonchev–Trinajstić information content (AvgIpc) is 3.64. The molecule has 7 nitrogen and oxygen atoms in total. The number of phenols is 1. The summed E-state index contributed by atoms with van der Waals surface area (Å²) < 4.78 is 6.04. The molecule has 1 saturated carbocycles. The first kappa shape index (κ1) is 23.3. The monoisotopic (exact) mass is 488 g/mol. The molecular weight excluding hydrogens is 452 g/mol. The highest BCUT2D eigenvalue weighted by molar-refractivity contribution is 6.01. The van der Waals surface area contributed by atoms with Gasteiger partial charge in [0.05, 0.1) is 11.1 Å². The van der Waals surface area contributed by atoms with E-state index in [9.17, 15) is 9.90 Å². The number of phenolic OH excluding ortho intramolecular Hbond substituents is 1. The van der Waals surface area contributed by atoms with Crippen LogP contribution in [0.15, 0.2) is 30.3 Å². The summed E-state index contributed by atoms with van der Waals surface area (Å²) in [5, 5.41) is 19.2. The van der Waals surface area contributed by atoms with Gasteiger partial charge in [0.15, 0.2) is 0 Å². The lowest BCUT2D eigenvalue weighted by molar-refractivity contribution is 0.0748. The second-order valence-corrected chi connectivity index (χ2v) is 10.8. The van der Waals surface area contributed by atoms with Crippen molar-refractivity contribution in [2.75, 3.05) is 26.2 Å². The predicted molar refractivity (Wildman–Crippen MR) is 139 cm³/mol. The third kappa shape index (κ3) is 4.81. The lowest BCUT2D eigenvalue weighted by Gasteiger charge is -2.26. The summed E-state index contributed by atoms with van der Waals surface area (Å²) in [6.07, 6.45) is 9.95. The molecule has 36 heavy (non-hydrogen) atoms. The van der Waals surface area contributed by atoms with Gasteiger partial charge in [-0.2, -0.15) is 5.10 Å². The van der Waals surface area contributed by atoms with Crippen molar-refractivity contribution in [1.82, 2.24) is 20.0 Å². The van der Waals surface area contributed by atoms with Crippen LogP contribution in [0, 0.1) is 5.92 Å². The molecule has 3 aliphatic rings. The van der Waals surface area contributed by atoms with Gasteiger partial charge in [-0.05, 0) is 67.6 Å². The van der Waals surface area contributed by atoms with E-state index in [0.717, 1.165) is 40.9 Å². The molecule has 1 saturated heterocycles. The van der Waals surface area contributed by atoms with E-state index in [0.29, 0.717) is 36.7 Å². The molecule has 0 atom stereocenters. The zero-order chi connectivity index (χ0) is 24.5. The third-order valence-corrected chi connectivity index (χ3v) is 8.26. The molecule has 0 radical (unpaired) electrons. The van der Waals surface area contributed by atoms with Gasteiger partial charge in [-0.3, -0.25) is 14.8 Å². The number of fused-ring (bicyclic) bond motifs is 2. The van der Waals surface area contributed by atoms with Crippen molar-refractivity contribution in [2.45, 2.75) is 64.5 Å². The third-order valence-electron chi connectivity index (χ3n) is 8.26. The summed E-state index contributed by atoms with van der Waals surface area (Å²) in [6.45, 7) is 5.05. The van der Waals surface area contributed by atoms with E-state index < -0.39 is 0 Å². The van der Waals surface area contributed by atoms with Gasteiger partial charge in [0.1, 0.15) is 18.1 Å². The van der Waals surface area contributed by atoms with Crippen molar-refractivity contribution in [1.29, 1.82) is 0 Å². The minimum absolute atomic E-state index is 0.0101. The van der Waals surface area contributed by atoms with Crippen LogP contribution in [0.3, 0.4) is 0 Å². The Morgan fingerprint density at radius 2 is 1.83 bits per heavy atom. The highest BCUT2D eigenvalue weighted by Gasteiger charge is 2.28. The smallest absolute Gasteiger partial charge is 0.258 e. The number of hydrogen-bond donors (Lipinski definition) is 2. The highest BCUT2D eigenvalue weighted by Crippen LogP contribution is 2.34. The minimum atomic E-state index is -0.147. The van der Waals surface area contributed by atoms with E-state index in [4.69, 9.17) is 4.74 Å². The van der Waals surface area contributed by atoms with Gasteiger partial charge in [-0.15, -0.1) is 0 Å². The van der Waals surface area contributed by atoms with E-state index in [-0.39, 0.29) is 11.7 Å². The summed E-state index contributed by atoms with van der Waals surface area (Å²) >= 11 is 0. The maximum absolute atomic E-state index is 13.5. The molecule has 7 heteroatoms. The van der Waals surface area contributed by atoms with Gasteiger partial charge < -0.3 is 14.7 Å². The number of H-pyrrole nitrogens is 1. The number of rotatable bonds is 7. The van der Waals surface area contributed by atoms with Crippen molar-refractivity contribution in [3.8, 4) is 11.5 Å². The number of nitrogens with zero attached hydrogens (tertiary/aromatic N) is 3. The molecule has 1 amide bonds. The van der Waals surface area contributed by atoms with Gasteiger partial charge >= 0.3 is 0 Å². The van der Waals surface area contributed by atoms with Gasteiger partial charge in [0, 0.05) is 36.8 Å². The second-order valence-electron chi connectivity index (χ2n) is 10.8. The van der Waals surface area contributed by atoms with Gasteiger partial charge in [0.25, 0.3) is 5.91 Å². The number of hydrogen-bond acceptors (Lipinski definition) is 5. The summed E-state index contributed by atoms with van der Waals surface area (Å²) in [5.41, 5.74) is 4.39. The normalized spacial score (nSPS) is 18.7. The maximum Gasteiger partial charge on any atom is 0.258 e. The van der Waals surface area contributed by atoms with Gasteiger partial charge in [-0.1, -0.05) is 38.2 Å². The molecule has 3 aromatic rings. The van der Waals surface area contributed by atoms with Crippen molar-refractivity contribution >= 4 is 16.8 Å². The number of aromatic hydroxyl groups is 1. The zero-order valence-electron chi connectivity index (χ0n) is 21.0. The Morgan fingerprint density at radius 3 is 2.67 bits per heavy atom. The molecule has 2 aromatic carbocycles. The number of likely N-dealkylation sites (tertiary alicyclic amines) is 1. The van der Waals surface area contributed by atoms with Crippen LogP contribution >= 0.6 is 0 Å². The fourth-order valence-corrected chi connectivity index (χ4v) is 6.18. The van der Waals surface area contributed by atoms with Crippen LogP contribution in [0.25, 0.3) is 10.9 Å². The van der Waals surface area contributed by atoms with E-state index in [1.165, 1.54) is 58.0 Å². The standard InChI is InChI=1S/C29H36N4O3/c34-28-17-27-24(26(30-31-27)14-20-6-2-3-7-20)16-25(28)29(35)33-18-21-8-9-23(15-22(21)19-33)36-13-12-32-10-4-1-5-11-32/h8-9,15-17,20,34H,1-7,10-14,18-19H2,(H,30,31). The fraction of sp³-hybridized carbons (Fsp3) is 0.517. The fourth-order valence-electron chi connectivity index (χ4n) is 6.18. The topological polar surface area (TPSA) is 81.7 Å². The van der Waals surface area contributed by atoms with Crippen molar-refractivity contribution in [2.24, 2.45) is 5.92 Å². The Hall–Kier alpha value is -3.06. The molecule has 3 heterocycles. The number of benzene rings is 2. The summed E-state index contributed by atoms with van der Waals surface area (Å²) in [4.78, 5) is 17.8. The quantitative estimate of drug-likeness (QED) is 0.488. The van der Waals surface area contributed by atoms with E-state index in [1.54, 1.807) is 11.0 Å².